The maximum Gasteiger partial charge on any atom is 0.272 e. The normalized spacial score (nSPS) is 16.1. The van der Waals surface area contributed by atoms with Gasteiger partial charge in [0.1, 0.15) is 0 Å². The van der Waals surface area contributed by atoms with Crippen molar-refractivity contribution in [2.45, 2.75) is 39.5 Å². The molecular formula is C15H21N3O2. The summed E-state index contributed by atoms with van der Waals surface area (Å²) in [6.45, 7) is 4.25. The largest absolute Gasteiger partial charge is 0.350 e. The van der Waals surface area contributed by atoms with E-state index < -0.39 is 0 Å². The summed E-state index contributed by atoms with van der Waals surface area (Å²) in [5.41, 5.74) is 0.989. The van der Waals surface area contributed by atoms with Crippen molar-refractivity contribution in [3.8, 4) is 0 Å². The van der Waals surface area contributed by atoms with Gasteiger partial charge in [-0.05, 0) is 36.8 Å². The number of aromatic nitrogens is 1. The summed E-state index contributed by atoms with van der Waals surface area (Å²) in [4.78, 5) is 27.4. The monoisotopic (exact) mass is 275 g/mol. The molecule has 1 aromatic rings. The van der Waals surface area contributed by atoms with E-state index in [1.807, 2.05) is 0 Å². The second kappa shape index (κ2) is 6.03. The summed E-state index contributed by atoms with van der Waals surface area (Å²) < 4.78 is 0. The number of carbonyl (C=O) groups excluding carboxylic acids is 2. The molecule has 1 aliphatic rings. The number of anilines is 1. The van der Waals surface area contributed by atoms with Crippen molar-refractivity contribution < 1.29 is 9.59 Å². The van der Waals surface area contributed by atoms with Crippen LogP contribution in [-0.2, 0) is 4.79 Å². The number of pyridine rings is 1. The predicted molar refractivity (Wildman–Crippen MR) is 77.4 cm³/mol. The van der Waals surface area contributed by atoms with Crippen molar-refractivity contribution >= 4 is 17.5 Å². The van der Waals surface area contributed by atoms with Crippen LogP contribution in [0.25, 0.3) is 0 Å². The van der Waals surface area contributed by atoms with Crippen LogP contribution in [0.5, 0.6) is 0 Å². The second-order valence-corrected chi connectivity index (χ2v) is 5.47. The van der Waals surface area contributed by atoms with Gasteiger partial charge in [-0.2, -0.15) is 0 Å². The minimum atomic E-state index is -0.228. The number of rotatable bonds is 5. The second-order valence-electron chi connectivity index (χ2n) is 5.47. The minimum Gasteiger partial charge on any atom is -0.350 e. The third-order valence-corrected chi connectivity index (χ3v) is 4.12. The van der Waals surface area contributed by atoms with Gasteiger partial charge in [0.05, 0.1) is 5.69 Å². The third kappa shape index (κ3) is 3.15. The van der Waals surface area contributed by atoms with Gasteiger partial charge in [0, 0.05) is 19.7 Å². The summed E-state index contributed by atoms with van der Waals surface area (Å²) >= 11 is 0. The van der Waals surface area contributed by atoms with Gasteiger partial charge in [-0.1, -0.05) is 13.3 Å². The van der Waals surface area contributed by atoms with Crippen LogP contribution in [0.4, 0.5) is 5.69 Å². The van der Waals surface area contributed by atoms with E-state index in [0.29, 0.717) is 12.2 Å². The topological polar surface area (TPSA) is 71.1 Å². The summed E-state index contributed by atoms with van der Waals surface area (Å²) in [6, 6.07) is 3.38. The lowest BCUT2D eigenvalue weighted by atomic mass is 9.67. The molecule has 1 fully saturated rings. The lowest BCUT2D eigenvalue weighted by Gasteiger charge is -2.41. The summed E-state index contributed by atoms with van der Waals surface area (Å²) in [7, 11) is 0. The molecule has 0 unspecified atom stereocenters. The zero-order valence-corrected chi connectivity index (χ0v) is 12.0. The number of amides is 2. The SMILES string of the molecule is CCC1(CNC(=O)c2ncccc2NC(C)=O)CCC1. The number of carbonyl (C=O) groups is 2. The molecule has 2 rings (SSSR count). The molecule has 1 aromatic heterocycles. The molecule has 2 N–H and O–H groups in total. The Labute approximate surface area is 119 Å². The highest BCUT2D eigenvalue weighted by Gasteiger charge is 2.35. The molecule has 0 saturated heterocycles. The highest BCUT2D eigenvalue weighted by Crippen LogP contribution is 2.43. The molecule has 0 aromatic carbocycles. The Kier molecular flexibility index (Phi) is 4.37. The molecule has 0 bridgehead atoms. The van der Waals surface area contributed by atoms with Gasteiger partial charge in [-0.3, -0.25) is 9.59 Å². The van der Waals surface area contributed by atoms with Gasteiger partial charge >= 0.3 is 0 Å². The van der Waals surface area contributed by atoms with Gasteiger partial charge in [-0.25, -0.2) is 4.98 Å². The van der Waals surface area contributed by atoms with Gasteiger partial charge in [0.2, 0.25) is 5.91 Å². The third-order valence-electron chi connectivity index (χ3n) is 4.12. The Bertz CT molecular complexity index is 504. The molecule has 0 aliphatic heterocycles. The standard InChI is InChI=1S/C15H21N3O2/c1-3-15(7-5-8-15)10-17-14(20)13-12(18-11(2)19)6-4-9-16-13/h4,6,9H,3,5,7-8,10H2,1-2H3,(H,17,20)(H,18,19). The minimum absolute atomic E-state index is 0.212. The molecule has 5 heteroatoms. The van der Waals surface area contributed by atoms with Crippen molar-refractivity contribution in [1.82, 2.24) is 10.3 Å². The summed E-state index contributed by atoms with van der Waals surface area (Å²) in [5, 5.41) is 5.58. The number of nitrogens with zero attached hydrogens (tertiary/aromatic N) is 1. The number of hydrogen-bond acceptors (Lipinski definition) is 3. The van der Waals surface area contributed by atoms with Gasteiger partial charge in [0.25, 0.3) is 5.91 Å². The molecule has 108 valence electrons. The zero-order valence-electron chi connectivity index (χ0n) is 12.0. The highest BCUT2D eigenvalue weighted by atomic mass is 16.2. The molecule has 0 radical (unpaired) electrons. The average Bonchev–Trinajstić information content (AvgIpc) is 2.37. The Hall–Kier alpha value is -1.91. The lowest BCUT2D eigenvalue weighted by Crippen LogP contribution is -2.42. The lowest BCUT2D eigenvalue weighted by molar-refractivity contribution is -0.114. The van der Waals surface area contributed by atoms with E-state index in [9.17, 15) is 9.59 Å². The van der Waals surface area contributed by atoms with E-state index in [1.165, 1.54) is 26.2 Å². The molecular weight excluding hydrogens is 254 g/mol. The predicted octanol–water partition coefficient (Wildman–Crippen LogP) is 2.35. The van der Waals surface area contributed by atoms with E-state index in [-0.39, 0.29) is 22.9 Å². The van der Waals surface area contributed by atoms with Crippen molar-refractivity contribution in [3.63, 3.8) is 0 Å². The van der Waals surface area contributed by atoms with Crippen LogP contribution in [0.3, 0.4) is 0 Å². The fourth-order valence-electron chi connectivity index (χ4n) is 2.56. The summed E-state index contributed by atoms with van der Waals surface area (Å²) in [6.07, 6.45) is 6.22. The molecule has 5 nitrogen and oxygen atoms in total. The van der Waals surface area contributed by atoms with Gasteiger partial charge in [-0.15, -0.1) is 0 Å². The van der Waals surface area contributed by atoms with Crippen molar-refractivity contribution in [2.24, 2.45) is 5.41 Å². The smallest absolute Gasteiger partial charge is 0.272 e. The Morgan fingerprint density at radius 2 is 2.15 bits per heavy atom. The summed E-state index contributed by atoms with van der Waals surface area (Å²) in [5.74, 6) is -0.440. The van der Waals surface area contributed by atoms with E-state index >= 15 is 0 Å². The molecule has 1 heterocycles. The molecule has 1 aliphatic carbocycles. The Morgan fingerprint density at radius 1 is 1.40 bits per heavy atom. The average molecular weight is 275 g/mol. The molecule has 2 amide bonds. The maximum absolute atomic E-state index is 12.2. The maximum atomic E-state index is 12.2. The fourth-order valence-corrected chi connectivity index (χ4v) is 2.56. The van der Waals surface area contributed by atoms with Crippen LogP contribution < -0.4 is 10.6 Å². The quantitative estimate of drug-likeness (QED) is 0.866. The number of hydrogen-bond donors (Lipinski definition) is 2. The van der Waals surface area contributed by atoms with E-state index in [0.717, 1.165) is 6.42 Å². The van der Waals surface area contributed by atoms with Crippen LogP contribution in [0, 0.1) is 5.41 Å². The van der Waals surface area contributed by atoms with Gasteiger partial charge in [0.15, 0.2) is 5.69 Å². The van der Waals surface area contributed by atoms with Crippen LogP contribution in [-0.4, -0.2) is 23.3 Å². The molecule has 0 spiro atoms. The van der Waals surface area contributed by atoms with Crippen molar-refractivity contribution in [1.29, 1.82) is 0 Å². The Morgan fingerprint density at radius 3 is 2.70 bits per heavy atom. The molecule has 0 atom stereocenters. The Balaban J connectivity index is 2.03. The first kappa shape index (κ1) is 14.5. The first-order valence-corrected chi connectivity index (χ1v) is 7.07. The van der Waals surface area contributed by atoms with E-state index in [4.69, 9.17) is 0 Å². The highest BCUT2D eigenvalue weighted by molar-refractivity contribution is 6.01. The van der Waals surface area contributed by atoms with E-state index in [2.05, 4.69) is 22.5 Å². The number of nitrogens with one attached hydrogen (secondary N) is 2. The van der Waals surface area contributed by atoms with Crippen LogP contribution in [0.2, 0.25) is 0 Å². The van der Waals surface area contributed by atoms with E-state index in [1.54, 1.807) is 18.3 Å². The van der Waals surface area contributed by atoms with Crippen LogP contribution in [0.1, 0.15) is 50.0 Å². The van der Waals surface area contributed by atoms with Gasteiger partial charge < -0.3 is 10.6 Å². The van der Waals surface area contributed by atoms with Crippen molar-refractivity contribution in [3.05, 3.63) is 24.0 Å². The molecule has 20 heavy (non-hydrogen) atoms. The first-order chi connectivity index (χ1) is 9.56. The van der Waals surface area contributed by atoms with Crippen LogP contribution >= 0.6 is 0 Å². The zero-order chi connectivity index (χ0) is 14.6. The van der Waals surface area contributed by atoms with Crippen molar-refractivity contribution in [2.75, 3.05) is 11.9 Å². The van der Waals surface area contributed by atoms with Crippen LogP contribution in [0.15, 0.2) is 18.3 Å². The fraction of sp³-hybridized carbons (Fsp3) is 0.533. The first-order valence-electron chi connectivity index (χ1n) is 7.07. The molecule has 1 saturated carbocycles.